The van der Waals surface area contributed by atoms with E-state index in [0.29, 0.717) is 6.42 Å². The van der Waals surface area contributed by atoms with Crippen molar-refractivity contribution < 1.29 is 9.92 Å². The molecular formula is C8H7N3O3S2. The van der Waals surface area contributed by atoms with Gasteiger partial charge in [0.2, 0.25) is 0 Å². The molecule has 0 unspecified atom stereocenters. The molecular weight excluding hydrogens is 250 g/mol. The second-order valence-corrected chi connectivity index (χ2v) is 4.54. The molecule has 0 saturated carbocycles. The Kier molecular flexibility index (Phi) is 3.42. The van der Waals surface area contributed by atoms with Crippen LogP contribution in [0.3, 0.4) is 0 Å². The van der Waals surface area contributed by atoms with E-state index >= 15 is 0 Å². The van der Waals surface area contributed by atoms with Crippen LogP contribution in [0.1, 0.15) is 5.69 Å². The van der Waals surface area contributed by atoms with Crippen molar-refractivity contribution in [3.63, 3.8) is 0 Å². The van der Waals surface area contributed by atoms with Crippen LogP contribution in [-0.2, 0) is 11.3 Å². The molecule has 0 saturated heterocycles. The molecule has 0 radical (unpaired) electrons. The van der Waals surface area contributed by atoms with Crippen molar-refractivity contribution in [3.8, 4) is 10.0 Å². The summed E-state index contributed by atoms with van der Waals surface area (Å²) in [5.41, 5.74) is 0.789. The van der Waals surface area contributed by atoms with Crippen molar-refractivity contribution in [1.82, 2.24) is 9.97 Å². The van der Waals surface area contributed by atoms with Crippen LogP contribution in [0, 0.1) is 10.1 Å². The Bertz CT molecular complexity index is 469. The Morgan fingerprint density at radius 3 is 3.00 bits per heavy atom. The molecule has 0 amide bonds. The van der Waals surface area contributed by atoms with Crippen molar-refractivity contribution in [2.45, 2.75) is 6.42 Å². The monoisotopic (exact) mass is 257 g/mol. The third kappa shape index (κ3) is 2.74. The van der Waals surface area contributed by atoms with Gasteiger partial charge in [-0.1, -0.05) is 0 Å². The van der Waals surface area contributed by atoms with Gasteiger partial charge in [-0.3, -0.25) is 0 Å². The van der Waals surface area contributed by atoms with Crippen LogP contribution in [0.4, 0.5) is 0 Å². The van der Waals surface area contributed by atoms with Crippen LogP contribution in [0.15, 0.2) is 17.0 Å². The number of hydrogen-bond acceptors (Lipinski definition) is 7. The van der Waals surface area contributed by atoms with Gasteiger partial charge in [-0.15, -0.1) is 32.8 Å². The van der Waals surface area contributed by atoms with E-state index in [-0.39, 0.29) is 6.61 Å². The highest BCUT2D eigenvalue weighted by molar-refractivity contribution is 7.19. The Morgan fingerprint density at radius 2 is 2.31 bits per heavy atom. The highest BCUT2D eigenvalue weighted by Gasteiger charge is 2.07. The SMILES string of the molecule is O=[N+]([O-])OCCc1csc(-c2nccs2)n1. The summed E-state index contributed by atoms with van der Waals surface area (Å²) in [5, 5.41) is 14.6. The van der Waals surface area contributed by atoms with E-state index in [1.165, 1.54) is 22.7 Å². The average molecular weight is 257 g/mol. The second-order valence-electron chi connectivity index (χ2n) is 2.79. The van der Waals surface area contributed by atoms with Crippen molar-refractivity contribution in [1.29, 1.82) is 0 Å². The molecule has 8 heteroatoms. The van der Waals surface area contributed by atoms with E-state index in [9.17, 15) is 10.1 Å². The van der Waals surface area contributed by atoms with Crippen LogP contribution < -0.4 is 0 Å². The molecule has 2 aromatic heterocycles. The summed E-state index contributed by atoms with van der Waals surface area (Å²) in [7, 11) is 0. The van der Waals surface area contributed by atoms with Crippen LogP contribution in [0.2, 0.25) is 0 Å². The summed E-state index contributed by atoms with van der Waals surface area (Å²) in [4.78, 5) is 22.6. The molecule has 0 aromatic carbocycles. The van der Waals surface area contributed by atoms with Gasteiger partial charge in [0.05, 0.1) is 5.69 Å². The van der Waals surface area contributed by atoms with E-state index in [1.807, 2.05) is 10.8 Å². The number of rotatable bonds is 5. The molecule has 0 fully saturated rings. The quantitative estimate of drug-likeness (QED) is 0.604. The Labute approximate surface area is 98.7 Å². The maximum atomic E-state index is 9.94. The summed E-state index contributed by atoms with van der Waals surface area (Å²) in [6.07, 6.45) is 2.15. The zero-order chi connectivity index (χ0) is 11.4. The number of thiazole rings is 2. The van der Waals surface area contributed by atoms with Crippen molar-refractivity contribution >= 4 is 22.7 Å². The maximum Gasteiger partial charge on any atom is 0.294 e. The van der Waals surface area contributed by atoms with Gasteiger partial charge in [0.25, 0.3) is 5.09 Å². The molecule has 2 heterocycles. The van der Waals surface area contributed by atoms with E-state index in [4.69, 9.17) is 0 Å². The highest BCUT2D eigenvalue weighted by atomic mass is 32.1. The molecule has 2 aromatic rings. The second kappa shape index (κ2) is 4.99. The van der Waals surface area contributed by atoms with E-state index < -0.39 is 5.09 Å². The Hall–Kier alpha value is -1.54. The summed E-state index contributed by atoms with van der Waals surface area (Å²) in [5.74, 6) is 0. The third-order valence-corrected chi connectivity index (χ3v) is 3.53. The predicted octanol–water partition coefficient (Wildman–Crippen LogP) is 2.02. The minimum atomic E-state index is -0.798. The lowest BCUT2D eigenvalue weighted by Crippen LogP contribution is -2.04. The average Bonchev–Trinajstić information content (AvgIpc) is 2.85. The molecule has 0 spiro atoms. The van der Waals surface area contributed by atoms with Gasteiger partial charge in [-0.25, -0.2) is 9.97 Å². The van der Waals surface area contributed by atoms with Gasteiger partial charge in [-0.2, -0.15) is 0 Å². The lowest BCUT2D eigenvalue weighted by Gasteiger charge is -1.94. The summed E-state index contributed by atoms with van der Waals surface area (Å²) < 4.78 is 0. The van der Waals surface area contributed by atoms with E-state index in [1.54, 1.807) is 6.20 Å². The molecule has 16 heavy (non-hydrogen) atoms. The van der Waals surface area contributed by atoms with Crippen molar-refractivity contribution in [2.24, 2.45) is 0 Å². The first-order valence-electron chi connectivity index (χ1n) is 4.37. The van der Waals surface area contributed by atoms with Gasteiger partial charge in [-0.05, 0) is 0 Å². The van der Waals surface area contributed by atoms with Crippen molar-refractivity contribution in [3.05, 3.63) is 32.8 Å². The first-order valence-corrected chi connectivity index (χ1v) is 6.13. The first-order chi connectivity index (χ1) is 7.75. The molecule has 0 bridgehead atoms. The van der Waals surface area contributed by atoms with Crippen LogP contribution in [0.25, 0.3) is 10.0 Å². The lowest BCUT2D eigenvalue weighted by atomic mass is 10.4. The highest BCUT2D eigenvalue weighted by Crippen LogP contribution is 2.25. The zero-order valence-electron chi connectivity index (χ0n) is 8.03. The summed E-state index contributed by atoms with van der Waals surface area (Å²) in [6.45, 7) is 0.0358. The molecule has 0 atom stereocenters. The minimum absolute atomic E-state index is 0.0358. The number of aromatic nitrogens is 2. The van der Waals surface area contributed by atoms with Gasteiger partial charge in [0, 0.05) is 23.4 Å². The van der Waals surface area contributed by atoms with Crippen LogP contribution in [-0.4, -0.2) is 21.7 Å². The molecule has 0 aliphatic rings. The van der Waals surface area contributed by atoms with Crippen LogP contribution >= 0.6 is 22.7 Å². The smallest absolute Gasteiger partial charge is 0.294 e. The fourth-order valence-electron chi connectivity index (χ4n) is 1.07. The lowest BCUT2D eigenvalue weighted by molar-refractivity contribution is -0.757. The van der Waals surface area contributed by atoms with Crippen molar-refractivity contribution in [2.75, 3.05) is 6.61 Å². The Morgan fingerprint density at radius 1 is 1.44 bits per heavy atom. The van der Waals surface area contributed by atoms with E-state index in [0.717, 1.165) is 15.7 Å². The fraction of sp³-hybridized carbons (Fsp3) is 0.250. The molecule has 0 aliphatic heterocycles. The maximum absolute atomic E-state index is 9.94. The largest absolute Gasteiger partial charge is 0.313 e. The third-order valence-electron chi connectivity index (χ3n) is 1.72. The number of hydrogen-bond donors (Lipinski definition) is 0. The zero-order valence-corrected chi connectivity index (χ0v) is 9.66. The Balaban J connectivity index is 1.95. The fourth-order valence-corrected chi connectivity index (χ4v) is 2.62. The summed E-state index contributed by atoms with van der Waals surface area (Å²) in [6, 6.07) is 0. The predicted molar refractivity (Wildman–Crippen MR) is 59.9 cm³/mol. The van der Waals surface area contributed by atoms with Crippen LogP contribution in [0.5, 0.6) is 0 Å². The van der Waals surface area contributed by atoms with Gasteiger partial charge in [0.15, 0.2) is 10.0 Å². The van der Waals surface area contributed by atoms with Gasteiger partial charge < -0.3 is 4.84 Å². The van der Waals surface area contributed by atoms with Gasteiger partial charge in [0.1, 0.15) is 6.61 Å². The molecule has 0 N–H and O–H groups in total. The standard InChI is InChI=1S/C8H7N3O3S2/c12-11(13)14-3-1-6-5-16-8(10-6)7-9-2-4-15-7/h2,4-5H,1,3H2. The molecule has 0 aliphatic carbocycles. The molecule has 6 nitrogen and oxygen atoms in total. The van der Waals surface area contributed by atoms with E-state index in [2.05, 4.69) is 14.8 Å². The molecule has 2 rings (SSSR count). The minimum Gasteiger partial charge on any atom is -0.313 e. The topological polar surface area (TPSA) is 78.2 Å². The normalized spacial score (nSPS) is 10.2. The summed E-state index contributed by atoms with van der Waals surface area (Å²) >= 11 is 2.99. The molecule has 84 valence electrons. The number of nitrogens with zero attached hydrogens (tertiary/aromatic N) is 3. The van der Waals surface area contributed by atoms with Gasteiger partial charge >= 0.3 is 0 Å². The first kappa shape index (κ1) is 11.0.